The van der Waals surface area contributed by atoms with Crippen molar-refractivity contribution in [2.75, 3.05) is 19.5 Å². The molecule has 0 aliphatic heterocycles. The average Bonchev–Trinajstić information content (AvgIpc) is 2.52. The van der Waals surface area contributed by atoms with E-state index >= 15 is 0 Å². The van der Waals surface area contributed by atoms with Gasteiger partial charge in [-0.15, -0.1) is 0 Å². The van der Waals surface area contributed by atoms with Crippen LogP contribution in [0.3, 0.4) is 0 Å². The van der Waals surface area contributed by atoms with Crippen molar-refractivity contribution in [3.05, 3.63) is 46.2 Å². The molecule has 0 bridgehead atoms. The average molecular weight is 365 g/mol. The number of nitrogens with one attached hydrogen (secondary N) is 1. The smallest absolute Gasteiger partial charge is 0.180 e. The van der Waals surface area contributed by atoms with E-state index in [9.17, 15) is 4.79 Å². The third-order valence-corrected chi connectivity index (χ3v) is 3.59. The van der Waals surface area contributed by atoms with E-state index < -0.39 is 0 Å². The summed E-state index contributed by atoms with van der Waals surface area (Å²) in [7, 11) is 3.22. The van der Waals surface area contributed by atoms with Crippen molar-refractivity contribution < 1.29 is 14.3 Å². The number of aromatic nitrogens is 1. The first-order valence-corrected chi connectivity index (χ1v) is 7.45. The summed E-state index contributed by atoms with van der Waals surface area (Å²) in [6.07, 6.45) is 1.61. The van der Waals surface area contributed by atoms with Gasteiger partial charge in [0.25, 0.3) is 0 Å². The number of carbonyl (C=O) groups excluding carboxylic acids is 1. The lowest BCUT2D eigenvalue weighted by molar-refractivity contribution is 0.101. The minimum atomic E-state index is -0.0864. The molecule has 0 unspecified atom stereocenters. The molecule has 6 heteroatoms. The highest BCUT2D eigenvalue weighted by Crippen LogP contribution is 2.26. The molecular formula is C16H17BrN2O3. The number of anilines is 1. The van der Waals surface area contributed by atoms with Crippen LogP contribution >= 0.6 is 15.9 Å². The summed E-state index contributed by atoms with van der Waals surface area (Å²) < 4.78 is 11.4. The van der Waals surface area contributed by atoms with E-state index in [1.807, 2.05) is 24.3 Å². The quantitative estimate of drug-likeness (QED) is 0.792. The predicted molar refractivity (Wildman–Crippen MR) is 88.8 cm³/mol. The Bertz CT molecular complexity index is 689. The van der Waals surface area contributed by atoms with E-state index in [0.29, 0.717) is 17.9 Å². The molecule has 116 valence electrons. The van der Waals surface area contributed by atoms with Crippen LogP contribution < -0.4 is 14.8 Å². The number of ketones is 1. The molecule has 0 aliphatic rings. The fraction of sp³-hybridized carbons (Fsp3) is 0.250. The minimum absolute atomic E-state index is 0.0864. The molecule has 0 saturated heterocycles. The number of hydrogen-bond donors (Lipinski definition) is 1. The molecule has 1 aromatic heterocycles. The second-order valence-electron chi connectivity index (χ2n) is 4.64. The molecule has 1 aromatic carbocycles. The molecule has 2 aromatic rings. The Balaban J connectivity index is 2.23. The molecule has 5 nitrogen and oxygen atoms in total. The number of pyridine rings is 1. The van der Waals surface area contributed by atoms with E-state index in [1.54, 1.807) is 20.4 Å². The number of rotatable bonds is 6. The molecule has 0 aliphatic carbocycles. The van der Waals surface area contributed by atoms with Crippen LogP contribution in [0.5, 0.6) is 11.5 Å². The van der Waals surface area contributed by atoms with Crippen molar-refractivity contribution in [3.8, 4) is 11.5 Å². The van der Waals surface area contributed by atoms with Gasteiger partial charge in [0.05, 0.1) is 19.9 Å². The summed E-state index contributed by atoms with van der Waals surface area (Å²) in [6.45, 7) is 2.00. The van der Waals surface area contributed by atoms with Crippen molar-refractivity contribution in [3.63, 3.8) is 0 Å². The summed E-state index contributed by atoms with van der Waals surface area (Å²) in [4.78, 5) is 15.8. The summed E-state index contributed by atoms with van der Waals surface area (Å²) in [5.74, 6) is 1.37. The zero-order chi connectivity index (χ0) is 16.1. The lowest BCUT2D eigenvalue weighted by Crippen LogP contribution is -2.08. The van der Waals surface area contributed by atoms with Crippen LogP contribution in [0.15, 0.2) is 34.9 Å². The van der Waals surface area contributed by atoms with Crippen LogP contribution in [-0.2, 0) is 6.54 Å². The van der Waals surface area contributed by atoms with Gasteiger partial charge >= 0.3 is 0 Å². The SMILES string of the molecule is COc1ccc(CNc2cc(Br)cnc2C(C)=O)c(OC)c1. The first kappa shape index (κ1) is 16.3. The van der Waals surface area contributed by atoms with Crippen molar-refractivity contribution in [1.29, 1.82) is 0 Å². The van der Waals surface area contributed by atoms with Gasteiger partial charge in [0.2, 0.25) is 0 Å². The van der Waals surface area contributed by atoms with Gasteiger partial charge < -0.3 is 14.8 Å². The summed E-state index contributed by atoms with van der Waals surface area (Å²) in [6, 6.07) is 7.44. The molecule has 1 N–H and O–H groups in total. The largest absolute Gasteiger partial charge is 0.497 e. The van der Waals surface area contributed by atoms with Gasteiger partial charge in [-0.05, 0) is 34.1 Å². The molecule has 0 amide bonds. The number of Topliss-reactive ketones (excluding diaryl/α,β-unsaturated/α-hetero) is 1. The Kier molecular flexibility index (Phi) is 5.38. The Labute approximate surface area is 137 Å². The Morgan fingerprint density at radius 2 is 2.05 bits per heavy atom. The third kappa shape index (κ3) is 3.76. The maximum absolute atomic E-state index is 11.6. The highest BCUT2D eigenvalue weighted by atomic mass is 79.9. The molecule has 0 saturated carbocycles. The van der Waals surface area contributed by atoms with Crippen molar-refractivity contribution >= 4 is 27.4 Å². The normalized spacial score (nSPS) is 10.2. The summed E-state index contributed by atoms with van der Waals surface area (Å²) in [5.41, 5.74) is 2.05. The van der Waals surface area contributed by atoms with Gasteiger partial charge in [0.15, 0.2) is 5.78 Å². The van der Waals surface area contributed by atoms with E-state index in [2.05, 4.69) is 26.2 Å². The van der Waals surface area contributed by atoms with Gasteiger partial charge in [-0.3, -0.25) is 4.79 Å². The minimum Gasteiger partial charge on any atom is -0.497 e. The monoisotopic (exact) mass is 364 g/mol. The van der Waals surface area contributed by atoms with Gasteiger partial charge in [-0.1, -0.05) is 0 Å². The predicted octanol–water partition coefficient (Wildman–Crippen LogP) is 3.68. The van der Waals surface area contributed by atoms with Crippen LogP contribution in [0, 0.1) is 0 Å². The second-order valence-corrected chi connectivity index (χ2v) is 5.55. The topological polar surface area (TPSA) is 60.5 Å². The molecule has 0 fully saturated rings. The number of carbonyl (C=O) groups is 1. The number of ether oxygens (including phenoxy) is 2. The fourth-order valence-corrected chi connectivity index (χ4v) is 2.37. The van der Waals surface area contributed by atoms with Crippen LogP contribution in [-0.4, -0.2) is 25.0 Å². The van der Waals surface area contributed by atoms with Gasteiger partial charge in [-0.2, -0.15) is 0 Å². The third-order valence-electron chi connectivity index (χ3n) is 3.15. The molecule has 0 atom stereocenters. The number of methoxy groups -OCH3 is 2. The molecule has 2 rings (SSSR count). The maximum atomic E-state index is 11.6. The first-order valence-electron chi connectivity index (χ1n) is 6.66. The fourth-order valence-electron chi connectivity index (χ4n) is 2.04. The summed E-state index contributed by atoms with van der Waals surface area (Å²) >= 11 is 3.36. The first-order chi connectivity index (χ1) is 10.5. The van der Waals surface area contributed by atoms with Gasteiger partial charge in [0, 0.05) is 35.8 Å². The molecule has 22 heavy (non-hydrogen) atoms. The van der Waals surface area contributed by atoms with Gasteiger partial charge in [-0.25, -0.2) is 4.98 Å². The van der Waals surface area contributed by atoms with Crippen molar-refractivity contribution in [2.45, 2.75) is 13.5 Å². The summed E-state index contributed by atoms with van der Waals surface area (Å²) in [5, 5.41) is 3.23. The van der Waals surface area contributed by atoms with E-state index in [1.165, 1.54) is 6.92 Å². The Hall–Kier alpha value is -2.08. The number of benzene rings is 1. The van der Waals surface area contributed by atoms with E-state index in [4.69, 9.17) is 9.47 Å². The zero-order valence-electron chi connectivity index (χ0n) is 12.6. The number of halogens is 1. The molecular weight excluding hydrogens is 348 g/mol. The van der Waals surface area contributed by atoms with E-state index in [-0.39, 0.29) is 5.78 Å². The highest BCUT2D eigenvalue weighted by molar-refractivity contribution is 9.10. The lowest BCUT2D eigenvalue weighted by Gasteiger charge is -2.13. The van der Waals surface area contributed by atoms with Crippen LogP contribution in [0.25, 0.3) is 0 Å². The highest BCUT2D eigenvalue weighted by Gasteiger charge is 2.11. The molecule has 0 radical (unpaired) electrons. The standard InChI is InChI=1S/C16H17BrN2O3/c1-10(20)16-14(6-12(17)9-19-16)18-8-11-4-5-13(21-2)7-15(11)22-3/h4-7,9,18H,8H2,1-3H3. The maximum Gasteiger partial charge on any atom is 0.180 e. The van der Waals surface area contributed by atoms with Crippen molar-refractivity contribution in [2.24, 2.45) is 0 Å². The van der Waals surface area contributed by atoms with Crippen molar-refractivity contribution in [1.82, 2.24) is 4.98 Å². The van der Waals surface area contributed by atoms with Gasteiger partial charge in [0.1, 0.15) is 17.2 Å². The van der Waals surface area contributed by atoms with E-state index in [0.717, 1.165) is 21.5 Å². The zero-order valence-corrected chi connectivity index (χ0v) is 14.2. The Morgan fingerprint density at radius 1 is 1.27 bits per heavy atom. The molecule has 1 heterocycles. The second kappa shape index (κ2) is 7.26. The van der Waals surface area contributed by atoms with Crippen LogP contribution in [0.2, 0.25) is 0 Å². The Morgan fingerprint density at radius 3 is 2.68 bits per heavy atom. The molecule has 0 spiro atoms. The van der Waals surface area contributed by atoms with Crippen LogP contribution in [0.4, 0.5) is 5.69 Å². The number of hydrogen-bond acceptors (Lipinski definition) is 5. The van der Waals surface area contributed by atoms with Crippen LogP contribution in [0.1, 0.15) is 23.0 Å². The number of nitrogens with zero attached hydrogens (tertiary/aromatic N) is 1. The lowest BCUT2D eigenvalue weighted by atomic mass is 10.1.